The molecule has 0 aliphatic rings. The van der Waals surface area contributed by atoms with Gasteiger partial charge in [0, 0.05) is 12.7 Å². The van der Waals surface area contributed by atoms with Crippen LogP contribution < -0.4 is 5.76 Å². The molecule has 78 valence electrons. The van der Waals surface area contributed by atoms with Crippen LogP contribution in [0.3, 0.4) is 0 Å². The van der Waals surface area contributed by atoms with E-state index in [1.54, 1.807) is 12.3 Å². The van der Waals surface area contributed by atoms with Gasteiger partial charge in [0.2, 0.25) is 0 Å². The molecule has 0 fully saturated rings. The second-order valence-corrected chi connectivity index (χ2v) is 3.00. The molecule has 0 unspecified atom stereocenters. The molecule has 0 amide bonds. The molecule has 0 aliphatic carbocycles. The van der Waals surface area contributed by atoms with Crippen LogP contribution in [0.1, 0.15) is 18.4 Å². The van der Waals surface area contributed by atoms with E-state index in [-0.39, 0.29) is 0 Å². The average Bonchev–Trinajstić information content (AvgIpc) is 2.61. The fraction of sp³-hybridized carbons (Fsp3) is 0.333. The van der Waals surface area contributed by atoms with E-state index in [1.807, 2.05) is 13.0 Å². The molecule has 0 spiro atoms. The first-order valence-electron chi connectivity index (χ1n) is 4.63. The van der Waals surface area contributed by atoms with Gasteiger partial charge in [-0.05, 0) is 19.1 Å². The van der Waals surface area contributed by atoms with Crippen LogP contribution in [0.5, 0.6) is 0 Å². The van der Waals surface area contributed by atoms with Gasteiger partial charge in [-0.15, -0.1) is 0 Å². The SMILES string of the molecule is CCn1c(Cc2cccnn2)noc1=O. The lowest BCUT2D eigenvalue weighted by Crippen LogP contribution is -2.16. The van der Waals surface area contributed by atoms with Gasteiger partial charge in [0.25, 0.3) is 0 Å². The lowest BCUT2D eigenvalue weighted by Gasteiger charge is -1.98. The van der Waals surface area contributed by atoms with Crippen molar-refractivity contribution >= 4 is 0 Å². The first kappa shape index (κ1) is 9.57. The minimum atomic E-state index is -0.434. The number of rotatable bonds is 3. The highest BCUT2D eigenvalue weighted by molar-refractivity contribution is 5.06. The Morgan fingerprint density at radius 2 is 2.40 bits per heavy atom. The molecule has 0 N–H and O–H groups in total. The third-order valence-electron chi connectivity index (χ3n) is 2.04. The molecule has 15 heavy (non-hydrogen) atoms. The largest absolute Gasteiger partial charge is 0.441 e. The summed E-state index contributed by atoms with van der Waals surface area (Å²) < 4.78 is 6.03. The van der Waals surface area contributed by atoms with Crippen molar-refractivity contribution in [2.24, 2.45) is 0 Å². The Labute approximate surface area is 85.5 Å². The summed E-state index contributed by atoms with van der Waals surface area (Å²) >= 11 is 0. The van der Waals surface area contributed by atoms with E-state index < -0.39 is 5.76 Å². The van der Waals surface area contributed by atoms with E-state index in [0.717, 1.165) is 5.69 Å². The van der Waals surface area contributed by atoms with Crippen LogP contribution in [0.2, 0.25) is 0 Å². The topological polar surface area (TPSA) is 73.8 Å². The van der Waals surface area contributed by atoms with E-state index in [0.29, 0.717) is 18.8 Å². The highest BCUT2D eigenvalue weighted by Gasteiger charge is 2.09. The molecule has 2 heterocycles. The zero-order chi connectivity index (χ0) is 10.7. The Morgan fingerprint density at radius 3 is 3.07 bits per heavy atom. The molecule has 0 aliphatic heterocycles. The number of nitrogens with zero attached hydrogens (tertiary/aromatic N) is 4. The van der Waals surface area contributed by atoms with E-state index in [4.69, 9.17) is 0 Å². The van der Waals surface area contributed by atoms with Crippen molar-refractivity contribution in [2.75, 3.05) is 0 Å². The second-order valence-electron chi connectivity index (χ2n) is 3.00. The minimum Gasteiger partial charge on any atom is -0.296 e. The smallest absolute Gasteiger partial charge is 0.296 e. The van der Waals surface area contributed by atoms with Gasteiger partial charge in [0.1, 0.15) is 0 Å². The molecule has 2 aromatic rings. The van der Waals surface area contributed by atoms with Crippen molar-refractivity contribution in [3.8, 4) is 0 Å². The Morgan fingerprint density at radius 1 is 1.53 bits per heavy atom. The highest BCUT2D eigenvalue weighted by Crippen LogP contribution is 2.01. The monoisotopic (exact) mass is 206 g/mol. The van der Waals surface area contributed by atoms with Crippen LogP contribution in [0.4, 0.5) is 0 Å². The van der Waals surface area contributed by atoms with Crippen molar-refractivity contribution in [3.63, 3.8) is 0 Å². The summed E-state index contributed by atoms with van der Waals surface area (Å²) in [5.41, 5.74) is 0.757. The minimum absolute atomic E-state index is 0.434. The average molecular weight is 206 g/mol. The summed E-state index contributed by atoms with van der Waals surface area (Å²) in [6, 6.07) is 3.61. The first-order valence-corrected chi connectivity index (χ1v) is 4.63. The number of hydrogen-bond acceptors (Lipinski definition) is 5. The molecular formula is C9H10N4O2. The lowest BCUT2D eigenvalue weighted by atomic mass is 10.3. The van der Waals surface area contributed by atoms with Crippen LogP contribution in [0.15, 0.2) is 27.6 Å². The normalized spacial score (nSPS) is 10.5. The van der Waals surface area contributed by atoms with Crippen LogP contribution in [-0.4, -0.2) is 19.9 Å². The number of aromatic nitrogens is 4. The Hall–Kier alpha value is -1.98. The molecule has 0 saturated heterocycles. The van der Waals surface area contributed by atoms with Gasteiger partial charge < -0.3 is 0 Å². The maximum atomic E-state index is 11.2. The van der Waals surface area contributed by atoms with Crippen molar-refractivity contribution in [2.45, 2.75) is 19.9 Å². The standard InChI is InChI=1S/C9H10N4O2/c1-2-13-8(12-15-9(13)14)6-7-4-3-5-10-11-7/h3-5H,2,6H2,1H3. The Balaban J connectivity index is 2.29. The molecule has 0 atom stereocenters. The quantitative estimate of drug-likeness (QED) is 0.719. The molecule has 2 aromatic heterocycles. The summed E-state index contributed by atoms with van der Waals surface area (Å²) in [4.78, 5) is 11.2. The fourth-order valence-corrected chi connectivity index (χ4v) is 1.32. The van der Waals surface area contributed by atoms with Crippen molar-refractivity contribution in [3.05, 3.63) is 40.4 Å². The zero-order valence-corrected chi connectivity index (χ0v) is 8.25. The summed E-state index contributed by atoms with van der Waals surface area (Å²) in [5.74, 6) is 0.138. The van der Waals surface area contributed by atoms with Gasteiger partial charge in [-0.2, -0.15) is 10.2 Å². The second kappa shape index (κ2) is 4.04. The predicted octanol–water partition coefficient (Wildman–Crippen LogP) is 0.237. The van der Waals surface area contributed by atoms with Crippen LogP contribution >= 0.6 is 0 Å². The zero-order valence-electron chi connectivity index (χ0n) is 8.25. The van der Waals surface area contributed by atoms with Gasteiger partial charge in [0.05, 0.1) is 12.1 Å². The van der Waals surface area contributed by atoms with E-state index in [9.17, 15) is 4.79 Å². The van der Waals surface area contributed by atoms with Gasteiger partial charge in [-0.1, -0.05) is 5.16 Å². The van der Waals surface area contributed by atoms with E-state index in [2.05, 4.69) is 19.9 Å². The summed E-state index contributed by atoms with van der Waals surface area (Å²) in [6.07, 6.45) is 2.05. The van der Waals surface area contributed by atoms with Crippen LogP contribution in [-0.2, 0) is 13.0 Å². The fourth-order valence-electron chi connectivity index (χ4n) is 1.32. The molecule has 2 rings (SSSR count). The van der Waals surface area contributed by atoms with E-state index in [1.165, 1.54) is 4.57 Å². The maximum absolute atomic E-state index is 11.2. The van der Waals surface area contributed by atoms with Crippen molar-refractivity contribution < 1.29 is 4.52 Å². The molecule has 6 heteroatoms. The van der Waals surface area contributed by atoms with Crippen molar-refractivity contribution in [1.82, 2.24) is 19.9 Å². The molecule has 6 nitrogen and oxygen atoms in total. The van der Waals surface area contributed by atoms with Gasteiger partial charge >= 0.3 is 5.76 Å². The first-order chi connectivity index (χ1) is 7.31. The summed E-state index contributed by atoms with van der Waals surface area (Å²) in [7, 11) is 0. The third-order valence-corrected chi connectivity index (χ3v) is 2.04. The summed E-state index contributed by atoms with van der Waals surface area (Å²) in [6.45, 7) is 2.40. The molecule has 0 aromatic carbocycles. The summed E-state index contributed by atoms with van der Waals surface area (Å²) in [5, 5.41) is 11.3. The van der Waals surface area contributed by atoms with E-state index >= 15 is 0 Å². The maximum Gasteiger partial charge on any atom is 0.441 e. The molecule has 0 radical (unpaired) electrons. The number of hydrogen-bond donors (Lipinski definition) is 0. The molecular weight excluding hydrogens is 196 g/mol. The molecule has 0 saturated carbocycles. The van der Waals surface area contributed by atoms with Gasteiger partial charge in [0.15, 0.2) is 5.82 Å². The van der Waals surface area contributed by atoms with Crippen molar-refractivity contribution in [1.29, 1.82) is 0 Å². The lowest BCUT2D eigenvalue weighted by molar-refractivity contribution is 0.374. The van der Waals surface area contributed by atoms with Gasteiger partial charge in [-0.3, -0.25) is 9.09 Å². The Bertz CT molecular complexity index is 488. The van der Waals surface area contributed by atoms with Crippen LogP contribution in [0.25, 0.3) is 0 Å². The Kier molecular flexibility index (Phi) is 2.57. The third kappa shape index (κ3) is 1.93. The predicted molar refractivity (Wildman–Crippen MR) is 51.3 cm³/mol. The van der Waals surface area contributed by atoms with Gasteiger partial charge in [-0.25, -0.2) is 4.79 Å². The van der Waals surface area contributed by atoms with Crippen LogP contribution in [0, 0.1) is 0 Å². The highest BCUT2D eigenvalue weighted by atomic mass is 16.5. The molecule has 0 bridgehead atoms.